The Kier molecular flexibility index (Phi) is 11.7. The Morgan fingerprint density at radius 1 is 0.954 bits per heavy atom. The third-order valence-corrected chi connectivity index (χ3v) is 14.8. The Morgan fingerprint density at radius 3 is 2.31 bits per heavy atom. The fourth-order valence-electron chi connectivity index (χ4n) is 11.4. The number of carboxylic acids is 1. The van der Waals surface area contributed by atoms with Crippen molar-refractivity contribution in [3.8, 4) is 11.8 Å². The SMILES string of the molecule is CC1(C)C(NC(=O)c2ccc(N3CCN(C[C@H]4C5CCN(CC5)N4[C@@H](C(=O)O)c4ccc5nnn([C@@H]6CCC(=O)NC6=O)c(=O)c5c4)CC3)cc2)C(C)(C)C1Oc1ccc(C#N)c(Cl)c1. The Hall–Kier alpha value is -5.93. The van der Waals surface area contributed by atoms with Crippen molar-refractivity contribution >= 4 is 51.9 Å². The number of nitrogens with zero attached hydrogens (tertiary/aromatic N) is 8. The van der Waals surface area contributed by atoms with Crippen LogP contribution in [0.3, 0.4) is 0 Å². The van der Waals surface area contributed by atoms with Crippen molar-refractivity contribution in [3.05, 3.63) is 92.7 Å². The second-order valence-electron chi connectivity index (χ2n) is 19.2. The molecule has 340 valence electrons. The number of imide groups is 1. The number of nitriles is 1. The summed E-state index contributed by atoms with van der Waals surface area (Å²) in [6, 6.07) is 17.4. The molecule has 3 atom stereocenters. The summed E-state index contributed by atoms with van der Waals surface area (Å²) in [4.78, 5) is 69.8. The van der Waals surface area contributed by atoms with Gasteiger partial charge < -0.3 is 20.1 Å². The van der Waals surface area contributed by atoms with Crippen LogP contribution in [0.2, 0.25) is 5.02 Å². The topological polar surface area (TPSA) is 206 Å². The summed E-state index contributed by atoms with van der Waals surface area (Å²) in [5, 5.41) is 38.5. The number of rotatable bonds is 11. The van der Waals surface area contributed by atoms with Crippen molar-refractivity contribution in [2.24, 2.45) is 16.7 Å². The Labute approximate surface area is 381 Å². The monoisotopic (exact) mass is 904 g/mol. The molecular formula is C47H53ClN10O7. The van der Waals surface area contributed by atoms with Gasteiger partial charge in [0, 0.05) is 92.5 Å². The van der Waals surface area contributed by atoms with E-state index in [9.17, 15) is 34.3 Å². The number of carboxylic acid groups (broad SMARTS) is 1. The molecular weight excluding hydrogens is 852 g/mol. The zero-order valence-electron chi connectivity index (χ0n) is 36.9. The summed E-state index contributed by atoms with van der Waals surface area (Å²) in [5.41, 5.74) is 1.34. The van der Waals surface area contributed by atoms with Crippen LogP contribution in [-0.4, -0.2) is 123 Å². The summed E-state index contributed by atoms with van der Waals surface area (Å²) in [6.07, 6.45) is 1.90. The van der Waals surface area contributed by atoms with Crippen molar-refractivity contribution in [1.82, 2.24) is 40.5 Å². The normalized spacial score (nSPS) is 26.7. The van der Waals surface area contributed by atoms with Crippen molar-refractivity contribution < 1.29 is 29.0 Å². The maximum absolute atomic E-state index is 13.8. The van der Waals surface area contributed by atoms with Gasteiger partial charge in [0.15, 0.2) is 0 Å². The number of carbonyl (C=O) groups excluding carboxylic acids is 3. The predicted molar refractivity (Wildman–Crippen MR) is 240 cm³/mol. The van der Waals surface area contributed by atoms with Crippen LogP contribution in [0.5, 0.6) is 5.75 Å². The van der Waals surface area contributed by atoms with Crippen molar-refractivity contribution in [2.45, 2.75) is 83.6 Å². The number of amides is 3. The molecule has 1 saturated carbocycles. The van der Waals surface area contributed by atoms with Crippen LogP contribution in [0, 0.1) is 28.1 Å². The third-order valence-electron chi connectivity index (χ3n) is 14.5. The molecule has 6 fully saturated rings. The van der Waals surface area contributed by atoms with E-state index in [0.717, 1.165) is 62.5 Å². The first-order chi connectivity index (χ1) is 31.0. The number of anilines is 1. The third kappa shape index (κ3) is 8.11. The van der Waals surface area contributed by atoms with E-state index in [1.54, 1.807) is 36.4 Å². The van der Waals surface area contributed by atoms with Gasteiger partial charge in [-0.1, -0.05) is 50.6 Å². The van der Waals surface area contributed by atoms with Gasteiger partial charge in [-0.25, -0.2) is 10.0 Å². The number of hydrazine groups is 1. The molecule has 2 bridgehead atoms. The number of aromatic nitrogens is 3. The molecule has 3 N–H and O–H groups in total. The van der Waals surface area contributed by atoms with Crippen molar-refractivity contribution in [1.29, 1.82) is 5.26 Å². The number of fused-ring (bicyclic) bond motifs is 4. The largest absolute Gasteiger partial charge is 0.489 e. The summed E-state index contributed by atoms with van der Waals surface area (Å²) in [7, 11) is 0. The number of piperazine rings is 1. The van der Waals surface area contributed by atoms with Crippen LogP contribution in [0.25, 0.3) is 10.9 Å². The smallest absolute Gasteiger partial charge is 0.326 e. The average molecular weight is 905 g/mol. The lowest BCUT2D eigenvalue weighted by molar-refractivity contribution is -0.196. The quantitative estimate of drug-likeness (QED) is 0.181. The fraction of sp³-hybridized carbons (Fsp3) is 0.489. The number of ether oxygens (including phenoxy) is 1. The van der Waals surface area contributed by atoms with Crippen LogP contribution in [0.1, 0.15) is 86.9 Å². The van der Waals surface area contributed by atoms with Gasteiger partial charge in [0.05, 0.1) is 16.0 Å². The van der Waals surface area contributed by atoms with E-state index in [1.165, 1.54) is 0 Å². The van der Waals surface area contributed by atoms with Crippen molar-refractivity contribution in [2.75, 3.05) is 50.7 Å². The van der Waals surface area contributed by atoms with E-state index >= 15 is 0 Å². The summed E-state index contributed by atoms with van der Waals surface area (Å²) in [6.45, 7) is 13.5. The van der Waals surface area contributed by atoms with Crippen LogP contribution < -0.4 is 25.8 Å². The van der Waals surface area contributed by atoms with Crippen molar-refractivity contribution in [3.63, 3.8) is 0 Å². The number of halogens is 1. The van der Waals surface area contributed by atoms with Gasteiger partial charge in [0.25, 0.3) is 17.4 Å². The highest BCUT2D eigenvalue weighted by atomic mass is 35.5. The Balaban J connectivity index is 0.841. The Morgan fingerprint density at radius 2 is 1.66 bits per heavy atom. The van der Waals surface area contributed by atoms with Gasteiger partial charge in [-0.05, 0) is 79.3 Å². The number of hydrogen-bond acceptors (Lipinski definition) is 13. The van der Waals surface area contributed by atoms with Gasteiger partial charge in [-0.3, -0.25) is 34.2 Å². The highest BCUT2D eigenvalue weighted by Gasteiger charge is 2.64. The van der Waals surface area contributed by atoms with Gasteiger partial charge in [-0.2, -0.15) is 9.94 Å². The van der Waals surface area contributed by atoms with Crippen LogP contribution in [-0.2, 0) is 14.4 Å². The lowest BCUT2D eigenvalue weighted by Gasteiger charge is -2.63. The zero-order chi connectivity index (χ0) is 45.9. The zero-order valence-corrected chi connectivity index (χ0v) is 37.6. The van der Waals surface area contributed by atoms with E-state index in [-0.39, 0.29) is 47.8 Å². The molecule has 1 aliphatic carbocycles. The molecule has 0 spiro atoms. The first-order valence-corrected chi connectivity index (χ1v) is 22.7. The molecule has 5 aliphatic heterocycles. The van der Waals surface area contributed by atoms with E-state index < -0.39 is 46.3 Å². The number of benzene rings is 3. The molecule has 3 aromatic carbocycles. The number of nitrogens with one attached hydrogen (secondary N) is 2. The highest BCUT2D eigenvalue weighted by Crippen LogP contribution is 2.55. The van der Waals surface area contributed by atoms with Gasteiger partial charge in [-0.15, -0.1) is 5.10 Å². The maximum atomic E-state index is 13.8. The summed E-state index contributed by atoms with van der Waals surface area (Å²) < 4.78 is 7.39. The molecule has 6 heterocycles. The molecule has 1 aromatic heterocycles. The number of hydrogen-bond donors (Lipinski definition) is 3. The lowest BCUT2D eigenvalue weighted by Crippen LogP contribution is -2.74. The molecule has 10 rings (SSSR count). The second-order valence-corrected chi connectivity index (χ2v) is 19.6. The van der Waals surface area contributed by atoms with Gasteiger partial charge in [0.1, 0.15) is 35.5 Å². The fourth-order valence-corrected chi connectivity index (χ4v) is 11.6. The molecule has 0 radical (unpaired) electrons. The molecule has 3 amide bonds. The van der Waals surface area contributed by atoms with E-state index in [4.69, 9.17) is 16.3 Å². The molecule has 4 aromatic rings. The lowest BCUT2D eigenvalue weighted by atomic mass is 9.49. The molecule has 18 heteroatoms. The average Bonchev–Trinajstić information content (AvgIpc) is 3.29. The molecule has 5 saturated heterocycles. The predicted octanol–water partition coefficient (Wildman–Crippen LogP) is 4.17. The number of aliphatic carboxylic acids is 1. The van der Waals surface area contributed by atoms with Crippen LogP contribution in [0.4, 0.5) is 5.69 Å². The number of piperidine rings is 2. The minimum absolute atomic E-state index is 0.0671. The second kappa shape index (κ2) is 17.1. The Bertz CT molecular complexity index is 2630. The first-order valence-electron chi connectivity index (χ1n) is 22.3. The van der Waals surface area contributed by atoms with E-state index in [0.29, 0.717) is 39.9 Å². The van der Waals surface area contributed by atoms with E-state index in [2.05, 4.69) is 69.5 Å². The standard InChI is InChI=1S/C47H53ClN10O7/c1-46(2)44(47(3,4)45(46)65-32-11-7-30(25-49)34(48)24-32)51-40(60)28-5-9-31(10-6-28)55-21-19-54(20-22-55)26-37-27-15-17-56(18-16-27)58(37)39(43(63)64)29-8-12-35-33(23-29)42(62)57(53-52-35)36-13-14-38(59)50-41(36)61/h5-12,23-24,27,36-37,39,44-45H,13-22,26H2,1-4H3,(H,51,60)(H,63,64)(H,50,59,61)/t36-,37+,39-,44?,45?/m1/s1. The van der Waals surface area contributed by atoms with E-state index in [1.807, 2.05) is 29.3 Å². The number of carbonyl (C=O) groups is 4. The van der Waals surface area contributed by atoms with Crippen LogP contribution in [0.15, 0.2) is 65.5 Å². The van der Waals surface area contributed by atoms with Crippen LogP contribution >= 0.6 is 11.6 Å². The highest BCUT2D eigenvalue weighted by molar-refractivity contribution is 6.31. The van der Waals surface area contributed by atoms with Gasteiger partial charge >= 0.3 is 5.97 Å². The summed E-state index contributed by atoms with van der Waals surface area (Å²) >= 11 is 6.27. The minimum Gasteiger partial charge on any atom is -0.489 e. The first kappa shape index (κ1) is 44.3. The molecule has 6 aliphatic rings. The molecule has 17 nitrogen and oxygen atoms in total. The van der Waals surface area contributed by atoms with Gasteiger partial charge in [0.2, 0.25) is 5.91 Å². The maximum Gasteiger partial charge on any atom is 0.326 e. The molecule has 65 heavy (non-hydrogen) atoms. The minimum atomic E-state index is -1.06. The summed E-state index contributed by atoms with van der Waals surface area (Å²) in [5.74, 6) is -1.34. The molecule has 0 unspecified atom stereocenters.